The average molecular weight is 280 g/mol. The highest BCUT2D eigenvalue weighted by Gasteiger charge is 2.24. The van der Waals surface area contributed by atoms with Gasteiger partial charge < -0.3 is 9.80 Å². The summed E-state index contributed by atoms with van der Waals surface area (Å²) in [6, 6.07) is 0. The zero-order chi connectivity index (χ0) is 14.5. The van der Waals surface area contributed by atoms with Crippen molar-refractivity contribution < 1.29 is 4.79 Å². The molecule has 2 saturated heterocycles. The molecule has 0 radical (unpaired) electrons. The molecule has 1 unspecified atom stereocenters. The average Bonchev–Trinajstić information content (AvgIpc) is 2.66. The van der Waals surface area contributed by atoms with Crippen molar-refractivity contribution in [1.29, 1.82) is 0 Å². The van der Waals surface area contributed by atoms with Crippen molar-refractivity contribution in [2.24, 2.45) is 17.8 Å². The molecule has 0 aromatic rings. The number of nitrogens with zero attached hydrogens (tertiary/aromatic N) is 2. The largest absolute Gasteiger partial charge is 0.342 e. The number of hydrogen-bond acceptors (Lipinski definition) is 2. The van der Waals surface area contributed by atoms with E-state index in [2.05, 4.69) is 16.7 Å². The minimum absolute atomic E-state index is 0.148. The molecular weight excluding hydrogens is 248 g/mol. The van der Waals surface area contributed by atoms with Crippen molar-refractivity contribution in [2.75, 3.05) is 32.7 Å². The van der Waals surface area contributed by atoms with Crippen LogP contribution in [-0.2, 0) is 4.79 Å². The van der Waals surface area contributed by atoms with Crippen LogP contribution in [0.4, 0.5) is 0 Å². The normalized spacial score (nSPS) is 26.8. The monoisotopic (exact) mass is 280 g/mol. The lowest BCUT2D eigenvalue weighted by molar-refractivity contribution is -0.134. The van der Waals surface area contributed by atoms with E-state index in [1.165, 1.54) is 51.7 Å². The van der Waals surface area contributed by atoms with E-state index in [9.17, 15) is 4.79 Å². The first-order chi connectivity index (χ1) is 9.56. The van der Waals surface area contributed by atoms with Gasteiger partial charge in [0.1, 0.15) is 0 Å². The van der Waals surface area contributed by atoms with Gasteiger partial charge in [-0.1, -0.05) is 20.8 Å². The Morgan fingerprint density at radius 1 is 1.05 bits per heavy atom. The van der Waals surface area contributed by atoms with E-state index in [4.69, 9.17) is 0 Å². The molecule has 1 amide bonds. The molecule has 0 saturated carbocycles. The van der Waals surface area contributed by atoms with Gasteiger partial charge in [-0.2, -0.15) is 0 Å². The van der Waals surface area contributed by atoms with E-state index in [1.54, 1.807) is 0 Å². The minimum Gasteiger partial charge on any atom is -0.342 e. The van der Waals surface area contributed by atoms with E-state index in [-0.39, 0.29) is 5.92 Å². The van der Waals surface area contributed by atoms with Gasteiger partial charge in [0.25, 0.3) is 0 Å². The summed E-state index contributed by atoms with van der Waals surface area (Å²) in [4.78, 5) is 16.9. The standard InChI is InChI=1S/C17H32N2O/c1-14(2)17(20)19-9-4-5-16(8-12-19)13-18-10-6-15(3)7-11-18/h14-16H,4-13H2,1-3H3. The van der Waals surface area contributed by atoms with Crippen LogP contribution in [0, 0.1) is 17.8 Å². The first-order valence-electron chi connectivity index (χ1n) is 8.57. The van der Waals surface area contributed by atoms with Gasteiger partial charge >= 0.3 is 0 Å². The van der Waals surface area contributed by atoms with Gasteiger partial charge in [-0.25, -0.2) is 0 Å². The molecule has 3 heteroatoms. The number of piperidine rings is 1. The highest BCUT2D eigenvalue weighted by Crippen LogP contribution is 2.23. The van der Waals surface area contributed by atoms with Crippen molar-refractivity contribution in [3.05, 3.63) is 0 Å². The van der Waals surface area contributed by atoms with Crippen LogP contribution in [0.25, 0.3) is 0 Å². The number of carbonyl (C=O) groups excluding carboxylic acids is 1. The molecular formula is C17H32N2O. The molecule has 0 aliphatic carbocycles. The van der Waals surface area contributed by atoms with Gasteiger partial charge in [-0.05, 0) is 57.0 Å². The Labute approximate surface area is 124 Å². The maximum Gasteiger partial charge on any atom is 0.225 e. The molecule has 3 nitrogen and oxygen atoms in total. The smallest absolute Gasteiger partial charge is 0.225 e. The Morgan fingerprint density at radius 2 is 1.75 bits per heavy atom. The van der Waals surface area contributed by atoms with Gasteiger partial charge in [0.05, 0.1) is 0 Å². The van der Waals surface area contributed by atoms with E-state index in [1.807, 2.05) is 13.8 Å². The first kappa shape index (κ1) is 15.8. The third kappa shape index (κ3) is 4.47. The predicted octanol–water partition coefficient (Wildman–Crippen LogP) is 3.00. The van der Waals surface area contributed by atoms with Gasteiger partial charge in [0.15, 0.2) is 0 Å². The first-order valence-corrected chi connectivity index (χ1v) is 8.57. The third-order valence-corrected chi connectivity index (χ3v) is 5.05. The number of hydrogen-bond donors (Lipinski definition) is 0. The highest BCUT2D eigenvalue weighted by atomic mass is 16.2. The van der Waals surface area contributed by atoms with E-state index in [0.717, 1.165) is 24.9 Å². The van der Waals surface area contributed by atoms with E-state index < -0.39 is 0 Å². The van der Waals surface area contributed by atoms with Crippen LogP contribution < -0.4 is 0 Å². The maximum absolute atomic E-state index is 12.1. The summed E-state index contributed by atoms with van der Waals surface area (Å²) in [6.07, 6.45) is 6.42. The Bertz CT molecular complexity index is 308. The molecule has 116 valence electrons. The summed E-state index contributed by atoms with van der Waals surface area (Å²) in [5.74, 6) is 2.21. The number of carbonyl (C=O) groups is 1. The van der Waals surface area contributed by atoms with Gasteiger partial charge in [0.2, 0.25) is 5.91 Å². The molecule has 2 heterocycles. The topological polar surface area (TPSA) is 23.6 Å². The number of rotatable bonds is 3. The van der Waals surface area contributed by atoms with Crippen LogP contribution in [0.5, 0.6) is 0 Å². The molecule has 2 rings (SSSR count). The summed E-state index contributed by atoms with van der Waals surface area (Å²) >= 11 is 0. The molecule has 0 spiro atoms. The second kappa shape index (κ2) is 7.44. The van der Waals surface area contributed by atoms with Crippen molar-refractivity contribution in [3.8, 4) is 0 Å². The Hall–Kier alpha value is -0.570. The lowest BCUT2D eigenvalue weighted by Gasteiger charge is -2.32. The lowest BCUT2D eigenvalue weighted by Crippen LogP contribution is -2.37. The van der Waals surface area contributed by atoms with Crippen molar-refractivity contribution in [3.63, 3.8) is 0 Å². The highest BCUT2D eigenvalue weighted by molar-refractivity contribution is 5.78. The molecule has 2 aliphatic heterocycles. The van der Waals surface area contributed by atoms with Crippen molar-refractivity contribution in [2.45, 2.75) is 52.9 Å². The zero-order valence-electron chi connectivity index (χ0n) is 13.6. The van der Waals surface area contributed by atoms with Crippen LogP contribution in [0.2, 0.25) is 0 Å². The van der Waals surface area contributed by atoms with Gasteiger partial charge in [-0.15, -0.1) is 0 Å². The molecule has 0 N–H and O–H groups in total. The fourth-order valence-corrected chi connectivity index (χ4v) is 3.54. The van der Waals surface area contributed by atoms with Crippen LogP contribution in [0.1, 0.15) is 52.9 Å². The third-order valence-electron chi connectivity index (χ3n) is 5.05. The van der Waals surface area contributed by atoms with Crippen molar-refractivity contribution in [1.82, 2.24) is 9.80 Å². The Morgan fingerprint density at radius 3 is 2.40 bits per heavy atom. The zero-order valence-corrected chi connectivity index (χ0v) is 13.6. The summed E-state index contributed by atoms with van der Waals surface area (Å²) in [5.41, 5.74) is 0. The lowest BCUT2D eigenvalue weighted by atomic mass is 9.95. The Kier molecular flexibility index (Phi) is 5.88. The maximum atomic E-state index is 12.1. The summed E-state index contributed by atoms with van der Waals surface area (Å²) in [5, 5.41) is 0. The van der Waals surface area contributed by atoms with Crippen LogP contribution in [0.15, 0.2) is 0 Å². The van der Waals surface area contributed by atoms with E-state index in [0.29, 0.717) is 5.91 Å². The van der Waals surface area contributed by atoms with Crippen molar-refractivity contribution >= 4 is 5.91 Å². The minimum atomic E-state index is 0.148. The fraction of sp³-hybridized carbons (Fsp3) is 0.941. The van der Waals surface area contributed by atoms with Crippen LogP contribution in [0.3, 0.4) is 0 Å². The number of amides is 1. The summed E-state index contributed by atoms with van der Waals surface area (Å²) < 4.78 is 0. The number of likely N-dealkylation sites (tertiary alicyclic amines) is 2. The Balaban J connectivity index is 1.76. The second-order valence-corrected chi connectivity index (χ2v) is 7.26. The van der Waals surface area contributed by atoms with Crippen LogP contribution >= 0.6 is 0 Å². The molecule has 1 atom stereocenters. The predicted molar refractivity (Wildman–Crippen MR) is 83.6 cm³/mol. The molecule has 0 bridgehead atoms. The quantitative estimate of drug-likeness (QED) is 0.793. The van der Waals surface area contributed by atoms with Crippen LogP contribution in [-0.4, -0.2) is 48.4 Å². The van der Waals surface area contributed by atoms with Gasteiger partial charge in [0, 0.05) is 25.6 Å². The molecule has 2 aliphatic rings. The van der Waals surface area contributed by atoms with Gasteiger partial charge in [-0.3, -0.25) is 4.79 Å². The van der Waals surface area contributed by atoms with E-state index >= 15 is 0 Å². The second-order valence-electron chi connectivity index (χ2n) is 7.26. The summed E-state index contributed by atoms with van der Waals surface area (Å²) in [6.45, 7) is 12.2. The molecule has 0 aromatic heterocycles. The molecule has 20 heavy (non-hydrogen) atoms. The SMILES string of the molecule is CC1CCN(CC2CCCN(C(=O)C(C)C)CC2)CC1. The fourth-order valence-electron chi connectivity index (χ4n) is 3.54. The molecule has 0 aromatic carbocycles. The summed E-state index contributed by atoms with van der Waals surface area (Å²) in [7, 11) is 0. The molecule has 2 fully saturated rings.